The molecule has 0 unspecified atom stereocenters. The standard InChI is InChI=1S/C37H35N5O3/c1-5-45-34-19-25(4)31(20-30(34)24(2)3)36-40-32-17-11-9-16-29(32)37(44)42(36)38-21-26-22-41(33-18-12-10-15-28(26)33)23-35(43)39-27-13-7-6-8-14-27/h6-22,24H,5,23H2,1-4H3,(H,39,43). The molecule has 226 valence electrons. The second kappa shape index (κ2) is 12.6. The molecule has 2 aromatic heterocycles. The number of aryl methyl sites for hydroxylation is 1. The highest BCUT2D eigenvalue weighted by Crippen LogP contribution is 2.34. The third-order valence-electron chi connectivity index (χ3n) is 7.78. The van der Waals surface area contributed by atoms with Crippen molar-refractivity contribution in [3.8, 4) is 17.1 Å². The number of para-hydroxylation sites is 3. The average molecular weight is 598 g/mol. The van der Waals surface area contributed by atoms with Crippen molar-refractivity contribution in [2.45, 2.75) is 40.2 Å². The zero-order valence-corrected chi connectivity index (χ0v) is 25.8. The van der Waals surface area contributed by atoms with Gasteiger partial charge in [-0.3, -0.25) is 9.59 Å². The molecule has 0 fully saturated rings. The molecule has 0 saturated carbocycles. The summed E-state index contributed by atoms with van der Waals surface area (Å²) in [6, 6.07) is 28.6. The van der Waals surface area contributed by atoms with Gasteiger partial charge in [0.1, 0.15) is 12.3 Å². The number of ether oxygens (including phenoxy) is 1. The Morgan fingerprint density at radius 1 is 0.978 bits per heavy atom. The topological polar surface area (TPSA) is 90.5 Å². The first-order valence-electron chi connectivity index (χ1n) is 15.1. The van der Waals surface area contributed by atoms with Gasteiger partial charge in [-0.1, -0.05) is 62.4 Å². The number of fused-ring (bicyclic) bond motifs is 2. The van der Waals surface area contributed by atoms with Crippen LogP contribution in [0.4, 0.5) is 5.69 Å². The van der Waals surface area contributed by atoms with Crippen LogP contribution >= 0.6 is 0 Å². The fraction of sp³-hybridized carbons (Fsp3) is 0.189. The lowest BCUT2D eigenvalue weighted by atomic mass is 9.96. The molecule has 1 amide bonds. The van der Waals surface area contributed by atoms with Crippen LogP contribution in [0.1, 0.15) is 43.4 Å². The molecule has 1 N–H and O–H groups in total. The number of aromatic nitrogens is 3. The van der Waals surface area contributed by atoms with Crippen LogP contribution in [0, 0.1) is 6.92 Å². The van der Waals surface area contributed by atoms with Crippen LogP contribution in [-0.4, -0.2) is 33.0 Å². The van der Waals surface area contributed by atoms with Crippen molar-refractivity contribution in [2.75, 3.05) is 11.9 Å². The molecule has 0 aliphatic rings. The summed E-state index contributed by atoms with van der Waals surface area (Å²) >= 11 is 0. The first-order chi connectivity index (χ1) is 21.8. The van der Waals surface area contributed by atoms with Gasteiger partial charge in [0.25, 0.3) is 5.56 Å². The van der Waals surface area contributed by atoms with E-state index in [9.17, 15) is 9.59 Å². The van der Waals surface area contributed by atoms with Crippen LogP contribution in [0.2, 0.25) is 0 Å². The highest BCUT2D eigenvalue weighted by molar-refractivity contribution is 6.00. The predicted octanol–water partition coefficient (Wildman–Crippen LogP) is 7.37. The van der Waals surface area contributed by atoms with E-state index in [-0.39, 0.29) is 23.9 Å². The van der Waals surface area contributed by atoms with Gasteiger partial charge in [0.05, 0.1) is 23.7 Å². The largest absolute Gasteiger partial charge is 0.494 e. The molecule has 6 aromatic rings. The van der Waals surface area contributed by atoms with Crippen molar-refractivity contribution in [1.82, 2.24) is 14.2 Å². The van der Waals surface area contributed by atoms with Gasteiger partial charge in [-0.05, 0) is 73.4 Å². The predicted molar refractivity (Wildman–Crippen MR) is 181 cm³/mol. The van der Waals surface area contributed by atoms with Crippen molar-refractivity contribution < 1.29 is 9.53 Å². The van der Waals surface area contributed by atoms with Gasteiger partial charge in [-0.2, -0.15) is 9.78 Å². The van der Waals surface area contributed by atoms with E-state index in [1.165, 1.54) is 4.68 Å². The fourth-order valence-electron chi connectivity index (χ4n) is 5.58. The molecule has 45 heavy (non-hydrogen) atoms. The monoisotopic (exact) mass is 597 g/mol. The summed E-state index contributed by atoms with van der Waals surface area (Å²) < 4.78 is 9.22. The second-order valence-electron chi connectivity index (χ2n) is 11.3. The van der Waals surface area contributed by atoms with Gasteiger partial charge in [0.15, 0.2) is 5.82 Å². The quantitative estimate of drug-likeness (QED) is 0.176. The molecule has 0 bridgehead atoms. The van der Waals surface area contributed by atoms with E-state index in [1.54, 1.807) is 12.3 Å². The third-order valence-corrected chi connectivity index (χ3v) is 7.78. The minimum atomic E-state index is -0.266. The lowest BCUT2D eigenvalue weighted by molar-refractivity contribution is -0.116. The van der Waals surface area contributed by atoms with Crippen LogP contribution < -0.4 is 15.6 Å². The molecule has 0 aliphatic carbocycles. The maximum absolute atomic E-state index is 14.0. The fourth-order valence-corrected chi connectivity index (χ4v) is 5.58. The summed E-state index contributed by atoms with van der Waals surface area (Å²) in [5.74, 6) is 1.33. The Morgan fingerprint density at radius 3 is 2.44 bits per heavy atom. The van der Waals surface area contributed by atoms with Crippen LogP contribution in [0.25, 0.3) is 33.2 Å². The Kier molecular flexibility index (Phi) is 8.29. The first kappa shape index (κ1) is 29.6. The number of nitrogens with one attached hydrogen (secondary N) is 1. The van der Waals surface area contributed by atoms with E-state index in [2.05, 4.69) is 25.2 Å². The summed E-state index contributed by atoms with van der Waals surface area (Å²) in [6.45, 7) is 8.87. The number of amides is 1. The molecular weight excluding hydrogens is 562 g/mol. The molecule has 0 spiro atoms. The number of hydrogen-bond donors (Lipinski definition) is 1. The zero-order valence-electron chi connectivity index (χ0n) is 25.8. The normalized spacial score (nSPS) is 11.6. The molecule has 0 atom stereocenters. The Labute approximate surface area is 261 Å². The average Bonchev–Trinajstić information content (AvgIpc) is 3.38. The third kappa shape index (κ3) is 5.99. The van der Waals surface area contributed by atoms with E-state index in [0.717, 1.165) is 44.6 Å². The molecule has 0 radical (unpaired) electrons. The summed E-state index contributed by atoms with van der Waals surface area (Å²) in [7, 11) is 0. The Morgan fingerprint density at radius 2 is 1.69 bits per heavy atom. The molecule has 8 heteroatoms. The van der Waals surface area contributed by atoms with Gasteiger partial charge < -0.3 is 14.6 Å². The zero-order chi connectivity index (χ0) is 31.5. The van der Waals surface area contributed by atoms with Crippen molar-refractivity contribution in [1.29, 1.82) is 0 Å². The Hall–Kier alpha value is -5.50. The van der Waals surface area contributed by atoms with Crippen molar-refractivity contribution in [3.63, 3.8) is 0 Å². The van der Waals surface area contributed by atoms with Crippen LogP contribution in [0.3, 0.4) is 0 Å². The molecule has 8 nitrogen and oxygen atoms in total. The number of nitrogens with zero attached hydrogens (tertiary/aromatic N) is 4. The highest BCUT2D eigenvalue weighted by atomic mass is 16.5. The lowest BCUT2D eigenvalue weighted by Gasteiger charge is -2.18. The van der Waals surface area contributed by atoms with E-state index >= 15 is 0 Å². The van der Waals surface area contributed by atoms with Gasteiger partial charge in [-0.15, -0.1) is 0 Å². The Bertz CT molecular complexity index is 2110. The van der Waals surface area contributed by atoms with Crippen LogP contribution in [-0.2, 0) is 11.3 Å². The number of hydrogen-bond acceptors (Lipinski definition) is 5. The Balaban J connectivity index is 1.45. The minimum absolute atomic E-state index is 0.120. The molecule has 6 rings (SSSR count). The van der Waals surface area contributed by atoms with E-state index < -0.39 is 0 Å². The number of carbonyl (C=O) groups is 1. The van der Waals surface area contributed by atoms with Crippen LogP contribution in [0.5, 0.6) is 5.75 Å². The number of rotatable bonds is 9. The van der Waals surface area contributed by atoms with Crippen molar-refractivity contribution in [3.05, 3.63) is 124 Å². The second-order valence-corrected chi connectivity index (χ2v) is 11.3. The maximum Gasteiger partial charge on any atom is 0.282 e. The van der Waals surface area contributed by atoms with Crippen LogP contribution in [0.15, 0.2) is 107 Å². The number of benzene rings is 4. The first-order valence-corrected chi connectivity index (χ1v) is 15.1. The van der Waals surface area contributed by atoms with E-state index in [4.69, 9.17) is 14.8 Å². The maximum atomic E-state index is 14.0. The van der Waals surface area contributed by atoms with E-state index in [0.29, 0.717) is 23.3 Å². The van der Waals surface area contributed by atoms with Crippen molar-refractivity contribution >= 4 is 39.6 Å². The number of anilines is 1. The molecule has 2 heterocycles. The summed E-state index contributed by atoms with van der Waals surface area (Å²) in [4.78, 5) is 31.8. The highest BCUT2D eigenvalue weighted by Gasteiger charge is 2.19. The summed E-state index contributed by atoms with van der Waals surface area (Å²) in [6.07, 6.45) is 3.56. The van der Waals surface area contributed by atoms with Gasteiger partial charge in [0.2, 0.25) is 5.91 Å². The molecule has 0 saturated heterocycles. The van der Waals surface area contributed by atoms with Gasteiger partial charge in [0, 0.05) is 33.9 Å². The summed E-state index contributed by atoms with van der Waals surface area (Å²) in [5, 5.41) is 9.10. The van der Waals surface area contributed by atoms with Gasteiger partial charge >= 0.3 is 0 Å². The molecule has 0 aliphatic heterocycles. The molecular formula is C37H35N5O3. The number of carbonyl (C=O) groups excluding carboxylic acids is 1. The van der Waals surface area contributed by atoms with Gasteiger partial charge in [-0.25, -0.2) is 4.98 Å². The van der Waals surface area contributed by atoms with Crippen molar-refractivity contribution in [2.24, 2.45) is 5.10 Å². The smallest absolute Gasteiger partial charge is 0.282 e. The minimum Gasteiger partial charge on any atom is -0.494 e. The SMILES string of the molecule is CCOc1cc(C)c(-c2nc3ccccc3c(=O)n2N=Cc2cn(CC(=O)Nc3ccccc3)c3ccccc23)cc1C(C)C. The molecule has 4 aromatic carbocycles. The lowest BCUT2D eigenvalue weighted by Crippen LogP contribution is -2.21. The summed E-state index contributed by atoms with van der Waals surface area (Å²) in [5.41, 5.74) is 5.50. The van der Waals surface area contributed by atoms with E-state index in [1.807, 2.05) is 103 Å².